The summed E-state index contributed by atoms with van der Waals surface area (Å²) in [5, 5.41) is 13.3. The first-order chi connectivity index (χ1) is 9.30. The van der Waals surface area contributed by atoms with Crippen molar-refractivity contribution in [2.45, 2.75) is 51.2 Å². The summed E-state index contributed by atoms with van der Waals surface area (Å²) in [5.74, 6) is 0. The molecular formula is C14H22N2O3S. The molecular weight excluding hydrogens is 276 g/mol. The van der Waals surface area contributed by atoms with Crippen molar-refractivity contribution in [1.29, 1.82) is 0 Å². The Bertz CT molecular complexity index is 455. The summed E-state index contributed by atoms with van der Waals surface area (Å²) in [6.07, 6.45) is 3.27. The number of nitrogens with zero attached hydrogens (tertiary/aromatic N) is 2. The third-order valence-electron chi connectivity index (χ3n) is 3.30. The number of rotatable bonds is 1. The molecule has 0 spiro atoms. The van der Waals surface area contributed by atoms with Gasteiger partial charge in [-0.15, -0.1) is 11.3 Å². The first-order valence-corrected chi connectivity index (χ1v) is 7.78. The first-order valence-electron chi connectivity index (χ1n) is 6.90. The lowest BCUT2D eigenvalue weighted by molar-refractivity contribution is 0.0127. The highest BCUT2D eigenvalue weighted by Crippen LogP contribution is 2.34. The van der Waals surface area contributed by atoms with Gasteiger partial charge in [0.2, 0.25) is 0 Å². The minimum atomic E-state index is -0.912. The number of carbonyl (C=O) groups excluding carboxylic acids is 1. The maximum atomic E-state index is 12.1. The van der Waals surface area contributed by atoms with Gasteiger partial charge in [0.25, 0.3) is 0 Å². The predicted molar refractivity (Wildman–Crippen MR) is 77.7 cm³/mol. The van der Waals surface area contributed by atoms with Gasteiger partial charge in [-0.1, -0.05) is 0 Å². The fraction of sp³-hybridized carbons (Fsp3) is 0.714. The summed E-state index contributed by atoms with van der Waals surface area (Å²) < 4.78 is 5.38. The molecule has 1 saturated heterocycles. The van der Waals surface area contributed by atoms with Gasteiger partial charge >= 0.3 is 6.09 Å². The SMILES string of the molecule is CC(C)(C)OC(=O)N1CCC[C@](O)(c2nccs2)CC1. The molecule has 20 heavy (non-hydrogen) atoms. The fourth-order valence-electron chi connectivity index (χ4n) is 2.30. The van der Waals surface area contributed by atoms with E-state index in [1.807, 2.05) is 26.2 Å². The highest BCUT2D eigenvalue weighted by atomic mass is 32.1. The van der Waals surface area contributed by atoms with Gasteiger partial charge in [-0.25, -0.2) is 9.78 Å². The molecule has 1 aliphatic heterocycles. The van der Waals surface area contributed by atoms with Crippen molar-refractivity contribution >= 4 is 17.4 Å². The lowest BCUT2D eigenvalue weighted by Gasteiger charge is -2.27. The quantitative estimate of drug-likeness (QED) is 0.866. The van der Waals surface area contributed by atoms with E-state index in [-0.39, 0.29) is 6.09 Å². The number of hydrogen-bond donors (Lipinski definition) is 1. The number of hydrogen-bond acceptors (Lipinski definition) is 5. The molecule has 1 aliphatic rings. The largest absolute Gasteiger partial charge is 0.444 e. The van der Waals surface area contributed by atoms with Gasteiger partial charge in [0.05, 0.1) is 0 Å². The van der Waals surface area contributed by atoms with E-state index in [9.17, 15) is 9.90 Å². The Morgan fingerprint density at radius 2 is 2.20 bits per heavy atom. The second-order valence-corrected chi connectivity index (χ2v) is 7.08. The van der Waals surface area contributed by atoms with E-state index in [1.165, 1.54) is 11.3 Å². The second kappa shape index (κ2) is 5.69. The van der Waals surface area contributed by atoms with E-state index in [0.717, 1.165) is 11.4 Å². The third-order valence-corrected chi connectivity index (χ3v) is 4.26. The molecule has 1 amide bonds. The van der Waals surface area contributed by atoms with Gasteiger partial charge in [0.15, 0.2) is 0 Å². The van der Waals surface area contributed by atoms with Crippen LogP contribution in [0.2, 0.25) is 0 Å². The molecule has 1 atom stereocenters. The molecule has 112 valence electrons. The van der Waals surface area contributed by atoms with Crippen molar-refractivity contribution in [2.24, 2.45) is 0 Å². The number of amides is 1. The molecule has 6 heteroatoms. The molecule has 1 fully saturated rings. The molecule has 0 bridgehead atoms. The van der Waals surface area contributed by atoms with Crippen LogP contribution in [0.25, 0.3) is 0 Å². The fourth-order valence-corrected chi connectivity index (χ4v) is 3.09. The Morgan fingerprint density at radius 3 is 2.80 bits per heavy atom. The lowest BCUT2D eigenvalue weighted by Crippen LogP contribution is -2.38. The van der Waals surface area contributed by atoms with Gasteiger partial charge in [-0.05, 0) is 33.6 Å². The minimum absolute atomic E-state index is 0.305. The monoisotopic (exact) mass is 298 g/mol. The maximum Gasteiger partial charge on any atom is 0.410 e. The van der Waals surface area contributed by atoms with Gasteiger partial charge < -0.3 is 14.7 Å². The number of likely N-dealkylation sites (tertiary alicyclic amines) is 1. The predicted octanol–water partition coefficient (Wildman–Crippen LogP) is 2.75. The van der Waals surface area contributed by atoms with Crippen molar-refractivity contribution in [1.82, 2.24) is 9.88 Å². The zero-order valence-electron chi connectivity index (χ0n) is 12.3. The molecule has 0 aromatic carbocycles. The van der Waals surface area contributed by atoms with E-state index in [2.05, 4.69) is 4.98 Å². The van der Waals surface area contributed by atoms with Crippen LogP contribution in [0.1, 0.15) is 45.0 Å². The van der Waals surface area contributed by atoms with Gasteiger partial charge in [-0.3, -0.25) is 0 Å². The molecule has 1 aromatic rings. The van der Waals surface area contributed by atoms with Crippen LogP contribution in [0.3, 0.4) is 0 Å². The number of thiazole rings is 1. The topological polar surface area (TPSA) is 62.7 Å². The number of aromatic nitrogens is 1. The van der Waals surface area contributed by atoms with Crippen LogP contribution in [0.5, 0.6) is 0 Å². The van der Waals surface area contributed by atoms with E-state index in [4.69, 9.17) is 4.74 Å². The third kappa shape index (κ3) is 3.70. The van der Waals surface area contributed by atoms with Crippen molar-refractivity contribution in [3.05, 3.63) is 16.6 Å². The Hall–Kier alpha value is -1.14. The van der Waals surface area contributed by atoms with E-state index in [1.54, 1.807) is 11.1 Å². The number of carbonyl (C=O) groups is 1. The van der Waals surface area contributed by atoms with E-state index < -0.39 is 11.2 Å². The highest BCUT2D eigenvalue weighted by Gasteiger charge is 2.36. The summed E-state index contributed by atoms with van der Waals surface area (Å²) in [7, 11) is 0. The molecule has 0 unspecified atom stereocenters. The second-order valence-electron chi connectivity index (χ2n) is 6.19. The van der Waals surface area contributed by atoms with Crippen LogP contribution in [0, 0.1) is 0 Å². The average Bonchev–Trinajstić information content (AvgIpc) is 2.78. The standard InChI is InChI=1S/C14H22N2O3S/c1-13(2,3)19-12(17)16-8-4-5-14(18,6-9-16)11-15-7-10-20-11/h7,10,18H,4-6,8-9H2,1-3H3/t14-/m1/s1. The Kier molecular flexibility index (Phi) is 4.34. The van der Waals surface area contributed by atoms with Crippen molar-refractivity contribution in [3.8, 4) is 0 Å². The van der Waals surface area contributed by atoms with E-state index >= 15 is 0 Å². The van der Waals surface area contributed by atoms with Crippen molar-refractivity contribution in [2.75, 3.05) is 13.1 Å². The van der Waals surface area contributed by atoms with Gasteiger partial charge in [0.1, 0.15) is 16.2 Å². The lowest BCUT2D eigenvalue weighted by atomic mass is 9.96. The zero-order valence-corrected chi connectivity index (χ0v) is 13.1. The molecule has 1 aromatic heterocycles. The normalized spacial score (nSPS) is 24.3. The summed E-state index contributed by atoms with van der Waals surface area (Å²) in [4.78, 5) is 18.0. The van der Waals surface area contributed by atoms with Crippen LogP contribution < -0.4 is 0 Å². The zero-order chi connectivity index (χ0) is 14.8. The molecule has 5 nitrogen and oxygen atoms in total. The molecule has 1 N–H and O–H groups in total. The first kappa shape index (κ1) is 15.3. The summed E-state index contributed by atoms with van der Waals surface area (Å²) in [6.45, 7) is 6.67. The van der Waals surface area contributed by atoms with Crippen molar-refractivity contribution < 1.29 is 14.6 Å². The van der Waals surface area contributed by atoms with Crippen LogP contribution in [-0.4, -0.2) is 39.8 Å². The van der Waals surface area contributed by atoms with Crippen LogP contribution in [-0.2, 0) is 10.3 Å². The van der Waals surface area contributed by atoms with Crippen LogP contribution >= 0.6 is 11.3 Å². The van der Waals surface area contributed by atoms with Crippen molar-refractivity contribution in [3.63, 3.8) is 0 Å². The number of ether oxygens (including phenoxy) is 1. The smallest absolute Gasteiger partial charge is 0.410 e. The molecule has 0 radical (unpaired) electrons. The van der Waals surface area contributed by atoms with Gasteiger partial charge in [-0.2, -0.15) is 0 Å². The number of aliphatic hydroxyl groups is 1. The Morgan fingerprint density at radius 1 is 1.45 bits per heavy atom. The average molecular weight is 298 g/mol. The van der Waals surface area contributed by atoms with Crippen LogP contribution in [0.15, 0.2) is 11.6 Å². The summed E-state index contributed by atoms with van der Waals surface area (Å²) in [6, 6.07) is 0. The summed E-state index contributed by atoms with van der Waals surface area (Å²) >= 11 is 1.46. The maximum absolute atomic E-state index is 12.1. The summed E-state index contributed by atoms with van der Waals surface area (Å²) in [5.41, 5.74) is -1.40. The molecule has 0 saturated carbocycles. The van der Waals surface area contributed by atoms with Crippen LogP contribution in [0.4, 0.5) is 4.79 Å². The molecule has 0 aliphatic carbocycles. The Balaban J connectivity index is 2.01. The van der Waals surface area contributed by atoms with E-state index in [0.29, 0.717) is 25.9 Å². The highest BCUT2D eigenvalue weighted by molar-refractivity contribution is 7.09. The minimum Gasteiger partial charge on any atom is -0.444 e. The molecule has 2 rings (SSSR count). The van der Waals surface area contributed by atoms with Gasteiger partial charge in [0, 0.05) is 31.1 Å². The Labute approximate surface area is 123 Å². The molecule has 2 heterocycles.